The zero-order chi connectivity index (χ0) is 19.7. The van der Waals surface area contributed by atoms with Crippen molar-refractivity contribution in [3.8, 4) is 11.5 Å². The van der Waals surface area contributed by atoms with Crippen LogP contribution in [0.2, 0.25) is 5.02 Å². The minimum atomic E-state index is -0.0791. The lowest BCUT2D eigenvalue weighted by Crippen LogP contribution is -3.05. The van der Waals surface area contributed by atoms with Gasteiger partial charge in [0.05, 0.1) is 30.9 Å². The first-order valence-electron chi connectivity index (χ1n) is 9.08. The third-order valence-corrected chi connectivity index (χ3v) is 5.79. The number of halogens is 1. The molecule has 6 nitrogen and oxygen atoms in total. The first kappa shape index (κ1) is 19.0. The van der Waals surface area contributed by atoms with Crippen LogP contribution in [0.4, 0.5) is 5.13 Å². The summed E-state index contributed by atoms with van der Waals surface area (Å²) in [5.74, 6) is 1.33. The van der Waals surface area contributed by atoms with Crippen molar-refractivity contribution in [1.82, 2.24) is 4.98 Å². The van der Waals surface area contributed by atoms with Crippen LogP contribution in [-0.2, 0) is 0 Å². The Morgan fingerprint density at radius 3 is 2.64 bits per heavy atom. The lowest BCUT2D eigenvalue weighted by molar-refractivity contribution is -0.858. The molecule has 0 spiro atoms. The van der Waals surface area contributed by atoms with Crippen LogP contribution in [-0.4, -0.2) is 44.9 Å². The predicted molar refractivity (Wildman–Crippen MR) is 111 cm³/mol. The molecule has 1 aromatic heterocycles. The summed E-state index contributed by atoms with van der Waals surface area (Å²) in [5, 5.41) is 1.28. The number of aromatic nitrogens is 1. The monoisotopic (exact) mass is 418 g/mol. The van der Waals surface area contributed by atoms with E-state index in [4.69, 9.17) is 26.1 Å². The maximum atomic E-state index is 13.2. The Bertz CT molecular complexity index is 963. The third-order valence-electron chi connectivity index (χ3n) is 4.50. The first-order valence-corrected chi connectivity index (χ1v) is 10.3. The summed E-state index contributed by atoms with van der Waals surface area (Å²) in [6.07, 6.45) is 0.875. The minimum Gasteiger partial charge on any atom is -0.454 e. The molecule has 1 aliphatic heterocycles. The van der Waals surface area contributed by atoms with Crippen LogP contribution < -0.4 is 19.3 Å². The Kier molecular flexibility index (Phi) is 5.39. The highest BCUT2D eigenvalue weighted by Crippen LogP contribution is 2.40. The molecule has 1 aliphatic rings. The van der Waals surface area contributed by atoms with E-state index >= 15 is 0 Å². The maximum absolute atomic E-state index is 13.2. The topological polar surface area (TPSA) is 56.1 Å². The normalized spacial score (nSPS) is 12.7. The Morgan fingerprint density at radius 2 is 1.93 bits per heavy atom. The van der Waals surface area contributed by atoms with E-state index in [1.54, 1.807) is 29.2 Å². The van der Waals surface area contributed by atoms with Gasteiger partial charge in [-0.15, -0.1) is 0 Å². The van der Waals surface area contributed by atoms with E-state index in [0.29, 0.717) is 28.0 Å². The molecule has 146 valence electrons. The number of amides is 1. The number of carbonyl (C=O) groups is 1. The molecule has 0 bridgehead atoms. The lowest BCUT2D eigenvalue weighted by atomic mass is 10.2. The van der Waals surface area contributed by atoms with Crippen molar-refractivity contribution in [2.24, 2.45) is 0 Å². The second-order valence-electron chi connectivity index (χ2n) is 6.94. The molecular formula is C20H21ClN3O3S+. The predicted octanol–water partition coefficient (Wildman–Crippen LogP) is 2.86. The van der Waals surface area contributed by atoms with Crippen LogP contribution in [0.25, 0.3) is 10.2 Å². The number of nitrogens with one attached hydrogen (secondary N) is 1. The largest absolute Gasteiger partial charge is 0.454 e. The van der Waals surface area contributed by atoms with Crippen molar-refractivity contribution in [2.45, 2.75) is 6.42 Å². The molecule has 2 heterocycles. The summed E-state index contributed by atoms with van der Waals surface area (Å²) < 4.78 is 11.9. The van der Waals surface area contributed by atoms with Crippen LogP contribution in [0.5, 0.6) is 11.5 Å². The summed E-state index contributed by atoms with van der Waals surface area (Å²) in [7, 11) is 4.20. The molecule has 0 aliphatic carbocycles. The van der Waals surface area contributed by atoms with Crippen molar-refractivity contribution in [3.05, 3.63) is 47.0 Å². The van der Waals surface area contributed by atoms with Gasteiger partial charge in [0.25, 0.3) is 5.91 Å². The van der Waals surface area contributed by atoms with Gasteiger partial charge in [0, 0.05) is 35.7 Å². The van der Waals surface area contributed by atoms with Crippen LogP contribution in [0.15, 0.2) is 36.4 Å². The van der Waals surface area contributed by atoms with Crippen LogP contribution in [0, 0.1) is 0 Å². The molecule has 0 saturated heterocycles. The number of fused-ring (bicyclic) bond motifs is 2. The highest BCUT2D eigenvalue weighted by Gasteiger charge is 2.23. The van der Waals surface area contributed by atoms with Gasteiger partial charge in [0.2, 0.25) is 6.79 Å². The van der Waals surface area contributed by atoms with E-state index in [2.05, 4.69) is 14.1 Å². The molecule has 4 rings (SSSR count). The van der Waals surface area contributed by atoms with Gasteiger partial charge in [-0.2, -0.15) is 0 Å². The van der Waals surface area contributed by atoms with Crippen molar-refractivity contribution in [2.75, 3.05) is 38.9 Å². The highest BCUT2D eigenvalue weighted by molar-refractivity contribution is 7.22. The number of rotatable bonds is 6. The van der Waals surface area contributed by atoms with Gasteiger partial charge in [-0.05, 0) is 24.3 Å². The Hall–Kier alpha value is -2.35. The van der Waals surface area contributed by atoms with Gasteiger partial charge in [-0.3, -0.25) is 9.69 Å². The quantitative estimate of drug-likeness (QED) is 0.668. The van der Waals surface area contributed by atoms with Crippen molar-refractivity contribution in [3.63, 3.8) is 0 Å². The van der Waals surface area contributed by atoms with Crippen molar-refractivity contribution >= 4 is 44.2 Å². The molecule has 0 unspecified atom stereocenters. The fraction of sp³-hybridized carbons (Fsp3) is 0.300. The molecule has 1 N–H and O–H groups in total. The average Bonchev–Trinajstić information content (AvgIpc) is 3.28. The number of hydrogen-bond donors (Lipinski definition) is 1. The molecule has 8 heteroatoms. The number of carbonyl (C=O) groups excluding carboxylic acids is 1. The van der Waals surface area contributed by atoms with Crippen LogP contribution in [0.3, 0.4) is 0 Å². The summed E-state index contributed by atoms with van der Waals surface area (Å²) in [6.45, 7) is 1.79. The molecule has 1 amide bonds. The fourth-order valence-corrected chi connectivity index (χ4v) is 4.17. The van der Waals surface area contributed by atoms with E-state index in [0.717, 1.165) is 28.9 Å². The average molecular weight is 419 g/mol. The molecule has 0 atom stereocenters. The third kappa shape index (κ3) is 3.92. The number of ether oxygens (including phenoxy) is 2. The first-order chi connectivity index (χ1) is 13.5. The number of thiazole rings is 1. The molecule has 2 aromatic carbocycles. The molecular weight excluding hydrogens is 398 g/mol. The number of hydrogen-bond acceptors (Lipinski definition) is 5. The Balaban J connectivity index is 1.66. The minimum absolute atomic E-state index is 0.0791. The summed E-state index contributed by atoms with van der Waals surface area (Å²) in [4.78, 5) is 21.0. The van der Waals surface area contributed by atoms with Crippen LogP contribution in [0.1, 0.15) is 16.8 Å². The SMILES string of the molecule is C[NH+](C)CCCN(C(=O)c1ccc(Cl)cc1)c1nc2cc3c(cc2s1)OCO3. The molecule has 0 radical (unpaired) electrons. The Labute approximate surface area is 172 Å². The number of anilines is 1. The van der Waals surface area contributed by atoms with Gasteiger partial charge in [0.1, 0.15) is 0 Å². The van der Waals surface area contributed by atoms with E-state index in [1.807, 2.05) is 12.1 Å². The molecule has 28 heavy (non-hydrogen) atoms. The van der Waals surface area contributed by atoms with Gasteiger partial charge in [-0.25, -0.2) is 4.98 Å². The zero-order valence-electron chi connectivity index (χ0n) is 15.7. The Morgan fingerprint density at radius 1 is 1.21 bits per heavy atom. The van der Waals surface area contributed by atoms with Gasteiger partial charge in [-0.1, -0.05) is 22.9 Å². The zero-order valence-corrected chi connectivity index (χ0v) is 17.3. The standard InChI is InChI=1S/C20H20ClN3O3S/c1-23(2)8-3-9-24(19(25)13-4-6-14(21)7-5-13)20-22-15-10-16-17(27-12-26-16)11-18(15)28-20/h4-7,10-11H,3,8-9,12H2,1-2H3/p+1. The number of quaternary nitrogens is 1. The fourth-order valence-electron chi connectivity index (χ4n) is 3.04. The van der Waals surface area contributed by atoms with E-state index in [9.17, 15) is 4.79 Å². The van der Waals surface area contributed by atoms with E-state index in [-0.39, 0.29) is 12.7 Å². The smallest absolute Gasteiger partial charge is 0.260 e. The number of nitrogens with zero attached hydrogens (tertiary/aromatic N) is 2. The summed E-state index contributed by atoms with van der Waals surface area (Å²) >= 11 is 7.45. The number of benzene rings is 2. The van der Waals surface area contributed by atoms with Gasteiger partial charge in [0.15, 0.2) is 16.6 Å². The van der Waals surface area contributed by atoms with Gasteiger partial charge >= 0.3 is 0 Å². The maximum Gasteiger partial charge on any atom is 0.260 e. The van der Waals surface area contributed by atoms with Gasteiger partial charge < -0.3 is 14.4 Å². The van der Waals surface area contributed by atoms with E-state index in [1.165, 1.54) is 16.2 Å². The van der Waals surface area contributed by atoms with Crippen molar-refractivity contribution < 1.29 is 19.2 Å². The highest BCUT2D eigenvalue weighted by atomic mass is 35.5. The second-order valence-corrected chi connectivity index (χ2v) is 8.39. The van der Waals surface area contributed by atoms with Crippen LogP contribution >= 0.6 is 22.9 Å². The molecule has 3 aromatic rings. The summed E-state index contributed by atoms with van der Waals surface area (Å²) in [6, 6.07) is 10.8. The molecule has 0 saturated carbocycles. The van der Waals surface area contributed by atoms with Crippen molar-refractivity contribution in [1.29, 1.82) is 0 Å². The second kappa shape index (κ2) is 7.95. The molecule has 0 fully saturated rings. The lowest BCUT2D eigenvalue weighted by Gasteiger charge is -2.20. The van der Waals surface area contributed by atoms with E-state index < -0.39 is 0 Å². The summed E-state index contributed by atoms with van der Waals surface area (Å²) in [5.41, 5.74) is 1.39.